The predicted molar refractivity (Wildman–Crippen MR) is 80.3 cm³/mol. The molecule has 1 saturated heterocycles. The number of hydrogen-bond acceptors (Lipinski definition) is 3. The summed E-state index contributed by atoms with van der Waals surface area (Å²) in [6, 6.07) is 13.8. The van der Waals surface area contributed by atoms with Crippen LogP contribution in [0.1, 0.15) is 12.8 Å². The highest BCUT2D eigenvalue weighted by Gasteiger charge is 2.20. The zero-order chi connectivity index (χ0) is 14.7. The van der Waals surface area contributed by atoms with Crippen LogP contribution in [0, 0.1) is 0 Å². The van der Waals surface area contributed by atoms with Crippen LogP contribution in [0.5, 0.6) is 5.75 Å². The number of amides is 1. The van der Waals surface area contributed by atoms with Gasteiger partial charge in [-0.25, -0.2) is 0 Å². The molecule has 0 N–H and O–H groups in total. The van der Waals surface area contributed by atoms with Crippen molar-refractivity contribution in [3.8, 4) is 5.75 Å². The summed E-state index contributed by atoms with van der Waals surface area (Å²) >= 11 is 0. The van der Waals surface area contributed by atoms with Crippen LogP contribution in [0.25, 0.3) is 10.8 Å². The second kappa shape index (κ2) is 5.95. The number of carbonyl (C=O) groups excluding carboxylic acids is 2. The molecule has 0 radical (unpaired) electrons. The molecular formula is C17H17NO3. The summed E-state index contributed by atoms with van der Waals surface area (Å²) in [4.78, 5) is 24.9. The van der Waals surface area contributed by atoms with Crippen molar-refractivity contribution in [3.63, 3.8) is 0 Å². The molecule has 0 atom stereocenters. The standard InChI is InChI=1S/C17H17NO3/c19-15-7-9-18(10-8-15)17(20)12-21-16-6-5-13-3-1-2-4-14(13)11-16/h1-6,11H,7-10,12H2. The van der Waals surface area contributed by atoms with Crippen molar-refractivity contribution in [2.45, 2.75) is 12.8 Å². The summed E-state index contributed by atoms with van der Waals surface area (Å²) in [5.41, 5.74) is 0. The summed E-state index contributed by atoms with van der Waals surface area (Å²) < 4.78 is 5.58. The summed E-state index contributed by atoms with van der Waals surface area (Å²) in [5.74, 6) is 0.861. The Kier molecular flexibility index (Phi) is 3.86. The average molecular weight is 283 g/mol. The lowest BCUT2D eigenvalue weighted by Crippen LogP contribution is -2.41. The lowest BCUT2D eigenvalue weighted by molar-refractivity contribution is -0.136. The Hall–Kier alpha value is -2.36. The molecule has 0 bridgehead atoms. The van der Waals surface area contributed by atoms with Gasteiger partial charge in [0.25, 0.3) is 5.91 Å². The van der Waals surface area contributed by atoms with Crippen LogP contribution in [-0.4, -0.2) is 36.3 Å². The number of carbonyl (C=O) groups is 2. The van der Waals surface area contributed by atoms with Crippen LogP contribution >= 0.6 is 0 Å². The van der Waals surface area contributed by atoms with Gasteiger partial charge < -0.3 is 9.64 Å². The summed E-state index contributed by atoms with van der Waals surface area (Å²) in [7, 11) is 0. The highest BCUT2D eigenvalue weighted by Crippen LogP contribution is 2.20. The molecule has 1 fully saturated rings. The van der Waals surface area contributed by atoms with Gasteiger partial charge in [0.15, 0.2) is 6.61 Å². The zero-order valence-corrected chi connectivity index (χ0v) is 11.7. The average Bonchev–Trinajstić information content (AvgIpc) is 2.53. The minimum Gasteiger partial charge on any atom is -0.484 e. The summed E-state index contributed by atoms with van der Waals surface area (Å²) in [6.45, 7) is 1.05. The fraction of sp³-hybridized carbons (Fsp3) is 0.294. The molecule has 2 aromatic carbocycles. The number of fused-ring (bicyclic) bond motifs is 1. The van der Waals surface area contributed by atoms with E-state index in [1.807, 2.05) is 42.5 Å². The first-order valence-electron chi connectivity index (χ1n) is 7.13. The molecule has 0 spiro atoms. The lowest BCUT2D eigenvalue weighted by atomic mass is 10.1. The van der Waals surface area contributed by atoms with E-state index in [9.17, 15) is 9.59 Å². The Morgan fingerprint density at radius 3 is 2.52 bits per heavy atom. The quantitative estimate of drug-likeness (QED) is 0.869. The first-order valence-corrected chi connectivity index (χ1v) is 7.13. The molecule has 0 unspecified atom stereocenters. The van der Waals surface area contributed by atoms with Crippen molar-refractivity contribution in [3.05, 3.63) is 42.5 Å². The second-order valence-electron chi connectivity index (χ2n) is 5.22. The molecule has 2 aromatic rings. The van der Waals surface area contributed by atoms with E-state index < -0.39 is 0 Å². The van der Waals surface area contributed by atoms with E-state index in [0.717, 1.165) is 10.8 Å². The SMILES string of the molecule is O=C1CCN(C(=O)COc2ccc3ccccc3c2)CC1. The van der Waals surface area contributed by atoms with E-state index in [2.05, 4.69) is 0 Å². The van der Waals surface area contributed by atoms with Gasteiger partial charge >= 0.3 is 0 Å². The van der Waals surface area contributed by atoms with Gasteiger partial charge in [-0.05, 0) is 22.9 Å². The lowest BCUT2D eigenvalue weighted by Gasteiger charge is -2.25. The number of rotatable bonds is 3. The third-order valence-corrected chi connectivity index (χ3v) is 3.76. The van der Waals surface area contributed by atoms with Crippen molar-refractivity contribution in [2.75, 3.05) is 19.7 Å². The Morgan fingerprint density at radius 1 is 1.05 bits per heavy atom. The van der Waals surface area contributed by atoms with Crippen LogP contribution in [-0.2, 0) is 9.59 Å². The van der Waals surface area contributed by atoms with Crippen LogP contribution in [0.4, 0.5) is 0 Å². The number of hydrogen-bond donors (Lipinski definition) is 0. The van der Waals surface area contributed by atoms with Gasteiger partial charge in [-0.1, -0.05) is 30.3 Å². The zero-order valence-electron chi connectivity index (χ0n) is 11.7. The van der Waals surface area contributed by atoms with Crippen molar-refractivity contribution in [1.29, 1.82) is 0 Å². The Morgan fingerprint density at radius 2 is 1.76 bits per heavy atom. The topological polar surface area (TPSA) is 46.6 Å². The third kappa shape index (κ3) is 3.21. The molecule has 1 amide bonds. The van der Waals surface area contributed by atoms with Gasteiger partial charge in [0.2, 0.25) is 0 Å². The minimum absolute atomic E-state index is 0.0204. The largest absolute Gasteiger partial charge is 0.484 e. The number of piperidine rings is 1. The van der Waals surface area contributed by atoms with Gasteiger partial charge in [-0.3, -0.25) is 9.59 Å². The van der Waals surface area contributed by atoms with Gasteiger partial charge in [-0.2, -0.15) is 0 Å². The van der Waals surface area contributed by atoms with Crippen LogP contribution in [0.3, 0.4) is 0 Å². The smallest absolute Gasteiger partial charge is 0.260 e. The number of ether oxygens (including phenoxy) is 1. The summed E-state index contributed by atoms with van der Waals surface area (Å²) in [5, 5.41) is 2.23. The first-order chi connectivity index (χ1) is 10.2. The second-order valence-corrected chi connectivity index (χ2v) is 5.22. The van der Waals surface area contributed by atoms with E-state index >= 15 is 0 Å². The molecule has 0 saturated carbocycles. The fourth-order valence-electron chi connectivity index (χ4n) is 2.50. The van der Waals surface area contributed by atoms with E-state index in [1.54, 1.807) is 4.90 Å². The fourth-order valence-corrected chi connectivity index (χ4v) is 2.50. The van der Waals surface area contributed by atoms with Crippen molar-refractivity contribution < 1.29 is 14.3 Å². The minimum atomic E-state index is -0.0596. The van der Waals surface area contributed by atoms with Crippen molar-refractivity contribution >= 4 is 22.5 Å². The predicted octanol–water partition coefficient (Wildman–Crippen LogP) is 2.41. The number of nitrogens with zero attached hydrogens (tertiary/aromatic N) is 1. The van der Waals surface area contributed by atoms with E-state index in [4.69, 9.17) is 4.74 Å². The summed E-state index contributed by atoms with van der Waals surface area (Å²) in [6.07, 6.45) is 0.920. The third-order valence-electron chi connectivity index (χ3n) is 3.76. The number of likely N-dealkylation sites (tertiary alicyclic amines) is 1. The Labute approximate surface area is 123 Å². The van der Waals surface area contributed by atoms with Gasteiger partial charge in [-0.15, -0.1) is 0 Å². The maximum Gasteiger partial charge on any atom is 0.260 e. The van der Waals surface area contributed by atoms with Crippen LogP contribution < -0.4 is 4.74 Å². The first kappa shape index (κ1) is 13.6. The van der Waals surface area contributed by atoms with E-state index in [-0.39, 0.29) is 18.3 Å². The Balaban J connectivity index is 1.60. The molecule has 0 aromatic heterocycles. The molecule has 0 aliphatic carbocycles. The van der Waals surface area contributed by atoms with E-state index in [1.165, 1.54) is 0 Å². The normalized spacial score (nSPS) is 15.2. The van der Waals surface area contributed by atoms with Gasteiger partial charge in [0, 0.05) is 25.9 Å². The van der Waals surface area contributed by atoms with Gasteiger partial charge in [0.05, 0.1) is 0 Å². The maximum absolute atomic E-state index is 12.0. The van der Waals surface area contributed by atoms with Crippen molar-refractivity contribution in [2.24, 2.45) is 0 Å². The maximum atomic E-state index is 12.0. The molecule has 21 heavy (non-hydrogen) atoms. The molecule has 1 heterocycles. The molecule has 1 aliphatic rings. The highest BCUT2D eigenvalue weighted by atomic mass is 16.5. The Bertz CT molecular complexity index is 671. The molecule has 4 heteroatoms. The number of Topliss-reactive ketones (excluding diaryl/α,β-unsaturated/α-hetero) is 1. The number of ketones is 1. The van der Waals surface area contributed by atoms with E-state index in [0.29, 0.717) is 31.7 Å². The molecule has 108 valence electrons. The molecule has 3 rings (SSSR count). The van der Waals surface area contributed by atoms with Gasteiger partial charge in [0.1, 0.15) is 11.5 Å². The monoisotopic (exact) mass is 283 g/mol. The highest BCUT2D eigenvalue weighted by molar-refractivity contribution is 5.85. The molecule has 1 aliphatic heterocycles. The van der Waals surface area contributed by atoms with Crippen LogP contribution in [0.15, 0.2) is 42.5 Å². The van der Waals surface area contributed by atoms with Crippen LogP contribution in [0.2, 0.25) is 0 Å². The molecule has 4 nitrogen and oxygen atoms in total. The van der Waals surface area contributed by atoms with Crippen molar-refractivity contribution in [1.82, 2.24) is 4.90 Å². The molecular weight excluding hydrogens is 266 g/mol. The number of benzene rings is 2.